The first-order valence-corrected chi connectivity index (χ1v) is 14.6. The number of amides is 1. The minimum absolute atomic E-state index is 0.170. The number of aromatic nitrogens is 2. The van der Waals surface area contributed by atoms with Gasteiger partial charge in [0, 0.05) is 23.7 Å². The Morgan fingerprint density at radius 3 is 2.47 bits per heavy atom. The van der Waals surface area contributed by atoms with E-state index in [-0.39, 0.29) is 28.3 Å². The molecule has 10 heteroatoms. The quantitative estimate of drug-likeness (QED) is 0.491. The first kappa shape index (κ1) is 26.5. The van der Waals surface area contributed by atoms with Crippen LogP contribution in [-0.2, 0) is 34.2 Å². The van der Waals surface area contributed by atoms with E-state index in [0.717, 1.165) is 29.7 Å². The Bertz CT molecular complexity index is 1430. The van der Waals surface area contributed by atoms with Gasteiger partial charge in [0.25, 0.3) is 5.56 Å². The van der Waals surface area contributed by atoms with Crippen LogP contribution in [0.3, 0.4) is 0 Å². The average Bonchev–Trinajstić information content (AvgIpc) is 3.20. The molecule has 0 aliphatic heterocycles. The van der Waals surface area contributed by atoms with Crippen LogP contribution in [0, 0.1) is 11.3 Å². The number of sulfonamides is 1. The molecule has 1 unspecified atom stereocenters. The molecule has 1 N–H and O–H groups in total. The number of fused-ring (bicyclic) bond motifs is 3. The van der Waals surface area contributed by atoms with Gasteiger partial charge in [-0.3, -0.25) is 14.2 Å². The van der Waals surface area contributed by atoms with Crippen molar-refractivity contribution in [2.75, 3.05) is 18.4 Å². The molecule has 2 aromatic heterocycles. The molecule has 0 bridgehead atoms. The summed E-state index contributed by atoms with van der Waals surface area (Å²) in [4.78, 5) is 32.6. The highest BCUT2D eigenvalue weighted by atomic mass is 32.2. The molecule has 1 aliphatic carbocycles. The molecule has 8 nitrogen and oxygen atoms in total. The summed E-state index contributed by atoms with van der Waals surface area (Å²) in [6.07, 6.45) is 4.29. The van der Waals surface area contributed by atoms with Gasteiger partial charge in [-0.1, -0.05) is 34.6 Å². The van der Waals surface area contributed by atoms with Gasteiger partial charge >= 0.3 is 0 Å². The van der Waals surface area contributed by atoms with Crippen LogP contribution in [0.2, 0.25) is 0 Å². The van der Waals surface area contributed by atoms with Gasteiger partial charge in [0.1, 0.15) is 11.4 Å². The largest absolute Gasteiger partial charge is 0.325 e. The van der Waals surface area contributed by atoms with E-state index >= 15 is 0 Å². The van der Waals surface area contributed by atoms with Gasteiger partial charge in [-0.05, 0) is 60.4 Å². The van der Waals surface area contributed by atoms with Crippen LogP contribution in [0.4, 0.5) is 5.69 Å². The summed E-state index contributed by atoms with van der Waals surface area (Å²) in [6, 6.07) is 6.07. The third kappa shape index (κ3) is 5.12. The van der Waals surface area contributed by atoms with Crippen molar-refractivity contribution in [1.29, 1.82) is 0 Å². The first-order valence-electron chi connectivity index (χ1n) is 12.4. The zero-order chi connectivity index (χ0) is 26.3. The Labute approximate surface area is 216 Å². The zero-order valence-corrected chi connectivity index (χ0v) is 23.1. The van der Waals surface area contributed by atoms with Crippen molar-refractivity contribution in [2.24, 2.45) is 11.3 Å². The molecular formula is C26H34N4O4S2. The van der Waals surface area contributed by atoms with Crippen LogP contribution in [0.15, 0.2) is 40.3 Å². The second kappa shape index (κ2) is 10.1. The Morgan fingerprint density at radius 2 is 1.86 bits per heavy atom. The van der Waals surface area contributed by atoms with Gasteiger partial charge in [0.2, 0.25) is 15.9 Å². The van der Waals surface area contributed by atoms with Crippen molar-refractivity contribution in [2.45, 2.75) is 65.3 Å². The lowest BCUT2D eigenvalue weighted by molar-refractivity contribution is -0.116. The van der Waals surface area contributed by atoms with Crippen LogP contribution in [0.5, 0.6) is 0 Å². The van der Waals surface area contributed by atoms with Gasteiger partial charge < -0.3 is 5.32 Å². The van der Waals surface area contributed by atoms with Crippen molar-refractivity contribution in [1.82, 2.24) is 13.9 Å². The fourth-order valence-corrected chi connectivity index (χ4v) is 7.55. The lowest BCUT2D eigenvalue weighted by atomic mass is 9.72. The van der Waals surface area contributed by atoms with Crippen LogP contribution in [0.25, 0.3) is 10.2 Å². The molecule has 194 valence electrons. The maximum absolute atomic E-state index is 13.3. The standard InChI is InChI=1S/C26H34N4O4S2/c1-6-30(7-2)36(33,34)19-11-9-18(10-12-19)28-22(31)15-29-16-27-24-23(25(29)32)20-13-8-17(26(3,4)5)14-21(20)35-24/h9-12,16-17H,6-8,13-15H2,1-5H3,(H,28,31). The van der Waals surface area contributed by atoms with Gasteiger partial charge in [-0.2, -0.15) is 4.31 Å². The summed E-state index contributed by atoms with van der Waals surface area (Å²) >= 11 is 1.59. The van der Waals surface area contributed by atoms with Crippen molar-refractivity contribution in [3.8, 4) is 0 Å². The van der Waals surface area contributed by atoms with Crippen molar-refractivity contribution in [3.05, 3.63) is 51.4 Å². The highest BCUT2D eigenvalue weighted by Gasteiger charge is 2.31. The fraction of sp³-hybridized carbons (Fsp3) is 0.500. The molecule has 0 spiro atoms. The van der Waals surface area contributed by atoms with E-state index in [1.165, 1.54) is 32.2 Å². The SMILES string of the molecule is CCN(CC)S(=O)(=O)c1ccc(NC(=O)Cn2cnc3sc4c(c3c2=O)CCC(C(C)(C)C)C4)cc1. The lowest BCUT2D eigenvalue weighted by Gasteiger charge is -2.33. The molecule has 0 saturated heterocycles. The second-order valence-electron chi connectivity index (χ2n) is 10.3. The minimum Gasteiger partial charge on any atom is -0.325 e. The lowest BCUT2D eigenvalue weighted by Crippen LogP contribution is -2.30. The van der Waals surface area contributed by atoms with Gasteiger partial charge in [-0.25, -0.2) is 13.4 Å². The van der Waals surface area contributed by atoms with Crippen molar-refractivity contribution < 1.29 is 13.2 Å². The number of carbonyl (C=O) groups is 1. The molecule has 1 atom stereocenters. The highest BCUT2D eigenvalue weighted by molar-refractivity contribution is 7.89. The van der Waals surface area contributed by atoms with Crippen molar-refractivity contribution >= 4 is 43.2 Å². The molecule has 0 radical (unpaired) electrons. The topological polar surface area (TPSA) is 101 Å². The summed E-state index contributed by atoms with van der Waals surface area (Å²) in [5.74, 6) is 0.189. The van der Waals surface area contributed by atoms with Gasteiger partial charge in [0.15, 0.2) is 0 Å². The molecule has 0 saturated carbocycles. The molecule has 1 aromatic carbocycles. The summed E-state index contributed by atoms with van der Waals surface area (Å²) < 4.78 is 28.0. The van der Waals surface area contributed by atoms with E-state index in [4.69, 9.17) is 0 Å². The van der Waals surface area contributed by atoms with E-state index in [1.54, 1.807) is 37.3 Å². The molecule has 3 aromatic rings. The fourth-order valence-electron chi connectivity index (χ4n) is 4.83. The third-order valence-corrected chi connectivity index (χ3v) is 10.3. The minimum atomic E-state index is -3.57. The Hall–Kier alpha value is -2.56. The number of benzene rings is 1. The van der Waals surface area contributed by atoms with Crippen LogP contribution >= 0.6 is 11.3 Å². The molecule has 1 amide bonds. The third-order valence-electron chi connectivity index (χ3n) is 7.06. The molecule has 0 fully saturated rings. The predicted molar refractivity (Wildman–Crippen MR) is 144 cm³/mol. The molecule has 4 rings (SSSR count). The van der Waals surface area contributed by atoms with E-state index in [2.05, 4.69) is 31.1 Å². The molecular weight excluding hydrogens is 496 g/mol. The maximum Gasteiger partial charge on any atom is 0.262 e. The number of hydrogen-bond acceptors (Lipinski definition) is 6. The number of hydrogen-bond donors (Lipinski definition) is 1. The smallest absolute Gasteiger partial charge is 0.262 e. The maximum atomic E-state index is 13.3. The van der Waals surface area contributed by atoms with Crippen molar-refractivity contribution in [3.63, 3.8) is 0 Å². The summed E-state index contributed by atoms with van der Waals surface area (Å²) in [5, 5.41) is 3.39. The number of nitrogens with one attached hydrogen (secondary N) is 1. The monoisotopic (exact) mass is 530 g/mol. The summed E-state index contributed by atoms with van der Waals surface area (Å²) in [7, 11) is -3.57. The Morgan fingerprint density at radius 1 is 1.19 bits per heavy atom. The Kier molecular flexibility index (Phi) is 7.41. The zero-order valence-electron chi connectivity index (χ0n) is 21.5. The van der Waals surface area contributed by atoms with E-state index in [1.807, 2.05) is 0 Å². The number of aryl methyl sites for hydroxylation is 1. The number of thiophene rings is 1. The Balaban J connectivity index is 1.50. The van der Waals surface area contributed by atoms with Crippen LogP contribution < -0.4 is 10.9 Å². The summed E-state index contributed by atoms with van der Waals surface area (Å²) in [6.45, 7) is 11.0. The van der Waals surface area contributed by atoms with E-state index in [0.29, 0.717) is 30.1 Å². The number of carbonyl (C=O) groups excluding carboxylic acids is 1. The number of rotatable bonds is 7. The van der Waals surface area contributed by atoms with Gasteiger partial charge in [0.05, 0.1) is 16.6 Å². The number of anilines is 1. The normalized spacial score (nSPS) is 16.3. The molecule has 1 aliphatic rings. The molecule has 2 heterocycles. The van der Waals surface area contributed by atoms with Gasteiger partial charge in [-0.15, -0.1) is 11.3 Å². The number of nitrogens with zero attached hydrogens (tertiary/aromatic N) is 3. The van der Waals surface area contributed by atoms with E-state index < -0.39 is 10.0 Å². The highest BCUT2D eigenvalue weighted by Crippen LogP contribution is 2.41. The van der Waals surface area contributed by atoms with Crippen LogP contribution in [0.1, 0.15) is 51.5 Å². The summed E-state index contributed by atoms with van der Waals surface area (Å²) in [5.41, 5.74) is 1.57. The van der Waals surface area contributed by atoms with Crippen LogP contribution in [-0.4, -0.2) is 41.3 Å². The molecule has 36 heavy (non-hydrogen) atoms. The second-order valence-corrected chi connectivity index (χ2v) is 13.4. The first-order chi connectivity index (χ1) is 17.0. The average molecular weight is 531 g/mol. The van der Waals surface area contributed by atoms with E-state index in [9.17, 15) is 18.0 Å². The predicted octanol–water partition coefficient (Wildman–Crippen LogP) is 4.28.